The normalized spacial score (nSPS) is 16.1. The standard InChI is InChI=1S/C19H22N2O6S/c1-14(22)15-4-3-5-16(12-15)28(24,25)21-9-7-20(8-10-21)13-18-17(6-11-27-18)19(23)26-2/h3-6,11-12H,7-10,13H2,1-2H3. The van der Waals surface area contributed by atoms with Gasteiger partial charge in [-0.25, -0.2) is 13.2 Å². The molecule has 0 radical (unpaired) electrons. The molecule has 0 aliphatic carbocycles. The highest BCUT2D eigenvalue weighted by atomic mass is 32.2. The van der Waals surface area contributed by atoms with Crippen molar-refractivity contribution < 1.29 is 27.2 Å². The molecule has 2 heterocycles. The number of hydrogen-bond donors (Lipinski definition) is 0. The van der Waals surface area contributed by atoms with Gasteiger partial charge in [0.25, 0.3) is 0 Å². The van der Waals surface area contributed by atoms with Crippen LogP contribution in [0, 0.1) is 0 Å². The molecule has 150 valence electrons. The predicted octanol–water partition coefficient (Wildman–Crippen LogP) is 1.78. The Kier molecular flexibility index (Phi) is 5.97. The molecule has 1 aromatic heterocycles. The van der Waals surface area contributed by atoms with E-state index in [1.165, 1.54) is 36.7 Å². The maximum Gasteiger partial charge on any atom is 0.341 e. The predicted molar refractivity (Wildman–Crippen MR) is 101 cm³/mol. The van der Waals surface area contributed by atoms with Crippen LogP contribution >= 0.6 is 0 Å². The summed E-state index contributed by atoms with van der Waals surface area (Å²) >= 11 is 0. The summed E-state index contributed by atoms with van der Waals surface area (Å²) in [6.45, 7) is 3.40. The van der Waals surface area contributed by atoms with Crippen molar-refractivity contribution in [1.29, 1.82) is 0 Å². The molecule has 0 amide bonds. The summed E-state index contributed by atoms with van der Waals surface area (Å²) in [5.41, 5.74) is 0.742. The van der Waals surface area contributed by atoms with Crippen LogP contribution < -0.4 is 0 Å². The zero-order valence-electron chi connectivity index (χ0n) is 15.8. The van der Waals surface area contributed by atoms with Gasteiger partial charge in [0.05, 0.1) is 24.8 Å². The fourth-order valence-electron chi connectivity index (χ4n) is 3.11. The first-order valence-corrected chi connectivity index (χ1v) is 10.2. The lowest BCUT2D eigenvalue weighted by Crippen LogP contribution is -2.48. The summed E-state index contributed by atoms with van der Waals surface area (Å²) in [4.78, 5) is 25.4. The number of methoxy groups -OCH3 is 1. The molecule has 1 aliphatic rings. The molecule has 28 heavy (non-hydrogen) atoms. The molecule has 8 nitrogen and oxygen atoms in total. The van der Waals surface area contributed by atoms with Gasteiger partial charge in [0.1, 0.15) is 11.3 Å². The first-order valence-electron chi connectivity index (χ1n) is 8.81. The lowest BCUT2D eigenvalue weighted by molar-refractivity contribution is 0.0595. The zero-order valence-corrected chi connectivity index (χ0v) is 16.6. The minimum Gasteiger partial charge on any atom is -0.467 e. The van der Waals surface area contributed by atoms with E-state index < -0.39 is 16.0 Å². The number of esters is 1. The van der Waals surface area contributed by atoms with E-state index in [2.05, 4.69) is 0 Å². The number of furan rings is 1. The number of nitrogens with zero attached hydrogens (tertiary/aromatic N) is 2. The van der Waals surface area contributed by atoms with Crippen molar-refractivity contribution in [1.82, 2.24) is 9.21 Å². The Morgan fingerprint density at radius 2 is 1.86 bits per heavy atom. The number of ketones is 1. The highest BCUT2D eigenvalue weighted by Gasteiger charge is 2.29. The Balaban J connectivity index is 1.67. The van der Waals surface area contributed by atoms with Crippen LogP contribution in [-0.4, -0.2) is 62.7 Å². The van der Waals surface area contributed by atoms with E-state index in [0.29, 0.717) is 49.6 Å². The van der Waals surface area contributed by atoms with Crippen LogP contribution in [0.15, 0.2) is 45.9 Å². The average molecular weight is 406 g/mol. The van der Waals surface area contributed by atoms with Crippen LogP contribution in [-0.2, 0) is 21.3 Å². The van der Waals surface area contributed by atoms with Gasteiger partial charge in [0.2, 0.25) is 10.0 Å². The molecule has 1 aromatic carbocycles. The van der Waals surface area contributed by atoms with E-state index in [1.807, 2.05) is 4.90 Å². The molecule has 1 saturated heterocycles. The van der Waals surface area contributed by atoms with E-state index in [0.717, 1.165) is 0 Å². The van der Waals surface area contributed by atoms with Gasteiger partial charge in [-0.3, -0.25) is 9.69 Å². The molecule has 0 spiro atoms. The van der Waals surface area contributed by atoms with Gasteiger partial charge in [-0.05, 0) is 25.1 Å². The first kappa shape index (κ1) is 20.2. The van der Waals surface area contributed by atoms with Crippen LogP contribution in [0.3, 0.4) is 0 Å². The van der Waals surface area contributed by atoms with Crippen molar-refractivity contribution in [2.45, 2.75) is 18.4 Å². The van der Waals surface area contributed by atoms with Crippen molar-refractivity contribution in [3.8, 4) is 0 Å². The zero-order chi connectivity index (χ0) is 20.3. The van der Waals surface area contributed by atoms with Crippen molar-refractivity contribution >= 4 is 21.8 Å². The van der Waals surface area contributed by atoms with Crippen LogP contribution in [0.25, 0.3) is 0 Å². The van der Waals surface area contributed by atoms with E-state index in [1.54, 1.807) is 18.2 Å². The topological polar surface area (TPSA) is 97.1 Å². The molecule has 9 heteroatoms. The third kappa shape index (κ3) is 4.16. The van der Waals surface area contributed by atoms with Crippen LogP contribution in [0.1, 0.15) is 33.4 Å². The maximum atomic E-state index is 12.9. The van der Waals surface area contributed by atoms with Crippen molar-refractivity contribution in [3.63, 3.8) is 0 Å². The van der Waals surface area contributed by atoms with Crippen molar-refractivity contribution in [3.05, 3.63) is 53.5 Å². The quantitative estimate of drug-likeness (QED) is 0.533. The maximum absolute atomic E-state index is 12.9. The number of carbonyl (C=O) groups is 2. The number of rotatable bonds is 6. The number of carbonyl (C=O) groups excluding carboxylic acids is 2. The number of hydrogen-bond acceptors (Lipinski definition) is 7. The summed E-state index contributed by atoms with van der Waals surface area (Å²) < 4.78 is 37.3. The highest BCUT2D eigenvalue weighted by Crippen LogP contribution is 2.21. The van der Waals surface area contributed by atoms with Gasteiger partial charge in [-0.2, -0.15) is 4.31 Å². The third-order valence-corrected chi connectivity index (χ3v) is 6.62. The van der Waals surface area contributed by atoms with Crippen LogP contribution in [0.4, 0.5) is 0 Å². The van der Waals surface area contributed by atoms with Gasteiger partial charge in [0.15, 0.2) is 5.78 Å². The van der Waals surface area contributed by atoms with Crippen LogP contribution in [0.5, 0.6) is 0 Å². The Morgan fingerprint density at radius 1 is 1.14 bits per heavy atom. The second-order valence-corrected chi connectivity index (χ2v) is 8.45. The number of piperazine rings is 1. The summed E-state index contributed by atoms with van der Waals surface area (Å²) in [6, 6.07) is 7.64. The second-order valence-electron chi connectivity index (χ2n) is 6.51. The highest BCUT2D eigenvalue weighted by molar-refractivity contribution is 7.89. The molecular weight excluding hydrogens is 384 g/mol. The van der Waals surface area contributed by atoms with Crippen molar-refractivity contribution in [2.75, 3.05) is 33.3 Å². The van der Waals surface area contributed by atoms with E-state index in [-0.39, 0.29) is 10.7 Å². The first-order chi connectivity index (χ1) is 13.3. The van der Waals surface area contributed by atoms with Gasteiger partial charge in [0, 0.05) is 31.7 Å². The molecule has 0 N–H and O–H groups in total. The minimum atomic E-state index is -3.67. The minimum absolute atomic E-state index is 0.118. The van der Waals surface area contributed by atoms with Crippen molar-refractivity contribution in [2.24, 2.45) is 0 Å². The third-order valence-electron chi connectivity index (χ3n) is 4.73. The Hall–Kier alpha value is -2.49. The number of sulfonamides is 1. The SMILES string of the molecule is COC(=O)c1ccoc1CN1CCN(S(=O)(=O)c2cccc(C(C)=O)c2)CC1. The molecule has 1 aliphatic heterocycles. The number of benzene rings is 1. The summed E-state index contributed by atoms with van der Waals surface area (Å²) in [5, 5.41) is 0. The molecule has 3 rings (SSSR count). The van der Waals surface area contributed by atoms with E-state index >= 15 is 0 Å². The summed E-state index contributed by atoms with van der Waals surface area (Å²) in [6.07, 6.45) is 1.43. The molecule has 0 unspecified atom stereocenters. The fraction of sp³-hybridized carbons (Fsp3) is 0.368. The van der Waals surface area contributed by atoms with Crippen LogP contribution in [0.2, 0.25) is 0 Å². The second kappa shape index (κ2) is 8.26. The Bertz CT molecular complexity index is 974. The van der Waals surface area contributed by atoms with Gasteiger partial charge >= 0.3 is 5.97 Å². The molecule has 0 saturated carbocycles. The fourth-order valence-corrected chi connectivity index (χ4v) is 4.58. The van der Waals surface area contributed by atoms with Gasteiger partial charge < -0.3 is 9.15 Å². The van der Waals surface area contributed by atoms with E-state index in [4.69, 9.17) is 9.15 Å². The Morgan fingerprint density at radius 3 is 2.50 bits per heavy atom. The lowest BCUT2D eigenvalue weighted by atomic mass is 10.2. The monoisotopic (exact) mass is 406 g/mol. The summed E-state index contributed by atoms with van der Waals surface area (Å²) in [5.74, 6) is -0.144. The lowest BCUT2D eigenvalue weighted by Gasteiger charge is -2.33. The molecule has 2 aromatic rings. The molecule has 1 fully saturated rings. The van der Waals surface area contributed by atoms with E-state index in [9.17, 15) is 18.0 Å². The molecule has 0 atom stereocenters. The number of ether oxygens (including phenoxy) is 1. The average Bonchev–Trinajstić information content (AvgIpc) is 3.16. The number of Topliss-reactive ketones (excluding diaryl/α,β-unsaturated/α-hetero) is 1. The molecular formula is C19H22N2O6S. The Labute approximate surface area is 163 Å². The van der Waals surface area contributed by atoms with Gasteiger partial charge in [-0.1, -0.05) is 12.1 Å². The van der Waals surface area contributed by atoms with Gasteiger partial charge in [-0.15, -0.1) is 0 Å². The smallest absolute Gasteiger partial charge is 0.341 e. The largest absolute Gasteiger partial charge is 0.467 e. The molecule has 0 bridgehead atoms. The summed E-state index contributed by atoms with van der Waals surface area (Å²) in [7, 11) is -2.36.